The lowest BCUT2D eigenvalue weighted by Gasteiger charge is -2.48. The highest BCUT2D eigenvalue weighted by Gasteiger charge is 2.55. The van der Waals surface area contributed by atoms with E-state index >= 15 is 0 Å². The highest BCUT2D eigenvalue weighted by atomic mass is 16.7. The first-order chi connectivity index (χ1) is 21.6. The number of rotatable bonds is 18. The van der Waals surface area contributed by atoms with E-state index in [1.54, 1.807) is 0 Å². The minimum absolute atomic E-state index is 0.0212. The molecular weight excluding hydrogens is 584 g/mol. The first kappa shape index (κ1) is 36.5. The molecule has 12 heteroatoms. The van der Waals surface area contributed by atoms with Gasteiger partial charge < -0.3 is 55.1 Å². The van der Waals surface area contributed by atoms with E-state index in [4.69, 9.17) is 14.2 Å². The Morgan fingerprint density at radius 2 is 1.78 bits per heavy atom. The summed E-state index contributed by atoms with van der Waals surface area (Å²) in [4.78, 5) is 14.1. The van der Waals surface area contributed by atoms with Crippen LogP contribution >= 0.6 is 0 Å². The fourth-order valence-corrected chi connectivity index (χ4v) is 7.44. The van der Waals surface area contributed by atoms with Crippen molar-refractivity contribution in [3.63, 3.8) is 0 Å². The van der Waals surface area contributed by atoms with Crippen LogP contribution in [-0.4, -0.2) is 122 Å². The number of hydrogen-bond acceptors (Lipinski definition) is 11. The number of ether oxygens (including phenoxy) is 3. The fourth-order valence-electron chi connectivity index (χ4n) is 7.44. The van der Waals surface area contributed by atoms with Crippen LogP contribution in [0.2, 0.25) is 0 Å². The van der Waals surface area contributed by atoms with Crippen molar-refractivity contribution < 1.29 is 49.6 Å². The minimum Gasteiger partial charge on any atom is -0.394 e. The number of aliphatic hydroxyl groups is 6. The molecule has 45 heavy (non-hydrogen) atoms. The molecule has 2 saturated carbocycles. The molecule has 4 aliphatic rings. The van der Waals surface area contributed by atoms with Crippen molar-refractivity contribution in [3.8, 4) is 0 Å². The first-order valence-electron chi connectivity index (χ1n) is 17.3. The Morgan fingerprint density at radius 3 is 2.49 bits per heavy atom. The molecule has 3 fully saturated rings. The molecule has 0 radical (unpaired) electrons. The zero-order chi connectivity index (χ0) is 32.6. The van der Waals surface area contributed by atoms with Crippen LogP contribution in [0, 0.1) is 11.8 Å². The van der Waals surface area contributed by atoms with Crippen molar-refractivity contribution in [2.45, 2.75) is 158 Å². The molecule has 2 aliphatic carbocycles. The molecule has 0 spiro atoms. The summed E-state index contributed by atoms with van der Waals surface area (Å²) in [5.41, 5.74) is 0. The van der Waals surface area contributed by atoms with Gasteiger partial charge in [-0.15, -0.1) is 0 Å². The lowest BCUT2D eigenvalue weighted by molar-refractivity contribution is -0.369. The summed E-state index contributed by atoms with van der Waals surface area (Å²) in [6, 6.07) is 0.536. The maximum atomic E-state index is 11.8. The van der Waals surface area contributed by atoms with Gasteiger partial charge in [-0.2, -0.15) is 0 Å². The Labute approximate surface area is 267 Å². The summed E-state index contributed by atoms with van der Waals surface area (Å²) in [5.74, 6) is -1.89. The third-order valence-corrected chi connectivity index (χ3v) is 10.1. The number of aliphatic hydroxyl groups excluding tert-OH is 6. The molecule has 1 amide bonds. The van der Waals surface area contributed by atoms with Crippen LogP contribution in [0.1, 0.15) is 97.3 Å². The molecule has 260 valence electrons. The van der Waals surface area contributed by atoms with Crippen molar-refractivity contribution in [3.05, 3.63) is 12.3 Å². The Hall–Kier alpha value is -1.35. The summed E-state index contributed by atoms with van der Waals surface area (Å²) in [6.45, 7) is 4.04. The van der Waals surface area contributed by atoms with Gasteiger partial charge in [-0.1, -0.05) is 19.3 Å². The highest BCUT2D eigenvalue weighted by molar-refractivity contribution is 5.75. The smallest absolute Gasteiger partial charge is 0.219 e. The predicted molar refractivity (Wildman–Crippen MR) is 165 cm³/mol. The van der Waals surface area contributed by atoms with Crippen LogP contribution in [0.5, 0.6) is 0 Å². The molecule has 4 rings (SSSR count). The number of amides is 1. The highest BCUT2D eigenvalue weighted by Crippen LogP contribution is 2.44. The van der Waals surface area contributed by atoms with Gasteiger partial charge >= 0.3 is 0 Å². The first-order valence-corrected chi connectivity index (χ1v) is 17.3. The van der Waals surface area contributed by atoms with Gasteiger partial charge in [0.2, 0.25) is 5.91 Å². The van der Waals surface area contributed by atoms with Gasteiger partial charge in [0.25, 0.3) is 0 Å². The van der Waals surface area contributed by atoms with Gasteiger partial charge in [0, 0.05) is 31.6 Å². The molecular formula is C33H58N2O10. The van der Waals surface area contributed by atoms with Gasteiger partial charge in [0.15, 0.2) is 5.79 Å². The molecule has 0 aromatic carbocycles. The molecule has 3 unspecified atom stereocenters. The number of carbonyl (C=O) groups excluding carboxylic acids is 1. The van der Waals surface area contributed by atoms with Crippen LogP contribution in [0.3, 0.4) is 0 Å². The zero-order valence-corrected chi connectivity index (χ0v) is 27.1. The summed E-state index contributed by atoms with van der Waals surface area (Å²) in [6.07, 6.45) is 6.48. The standard InChI is InChI=1S/C33H58N2O10/c1-3-34-28(39)10-7-5-4-6-9-24-23(15-13-22(37)14-16-29-35(21-11-12-21)17-8-18-43-29)25(38)19-26(24)44-33(2)32(42)31(41)30(40)27(20-36)45-33/h8,17,21-27,29-32,36-38,40-42H,3-7,9-16,18-20H2,1-2H3,(H,34,39)/t22-,23-,24-,25-,26+,27?,29?,30-,31-,32?,33+/m1/s1. The minimum atomic E-state index is -1.70. The SMILES string of the molecule is CCNC(=O)CCCCCC[C@@H]1[C@@H](CC[C@@H](O)CCC2OCC=CN2C2CC2)[C@H](O)C[C@@H]1O[C@@]1(C)OC(CO)[C@@H](O)[C@@H](O)C1O. The third-order valence-electron chi connectivity index (χ3n) is 10.1. The van der Waals surface area contributed by atoms with Crippen LogP contribution in [-0.2, 0) is 19.0 Å². The second-order valence-corrected chi connectivity index (χ2v) is 13.6. The molecule has 2 aliphatic heterocycles. The maximum absolute atomic E-state index is 11.8. The third kappa shape index (κ3) is 9.84. The van der Waals surface area contributed by atoms with E-state index in [0.717, 1.165) is 38.5 Å². The van der Waals surface area contributed by atoms with Crippen molar-refractivity contribution in [2.24, 2.45) is 11.8 Å². The number of nitrogens with one attached hydrogen (secondary N) is 1. The normalized spacial score (nSPS) is 37.6. The monoisotopic (exact) mass is 642 g/mol. The second kappa shape index (κ2) is 17.2. The van der Waals surface area contributed by atoms with E-state index < -0.39 is 55.1 Å². The largest absolute Gasteiger partial charge is 0.394 e. The Morgan fingerprint density at radius 1 is 1.04 bits per heavy atom. The van der Waals surface area contributed by atoms with Crippen LogP contribution in [0.4, 0.5) is 0 Å². The number of carbonyl (C=O) groups is 1. The molecule has 11 atom stereocenters. The van der Waals surface area contributed by atoms with E-state index in [9.17, 15) is 35.4 Å². The average molecular weight is 643 g/mol. The molecule has 7 N–H and O–H groups in total. The van der Waals surface area contributed by atoms with Crippen molar-refractivity contribution >= 4 is 5.91 Å². The Balaban J connectivity index is 1.34. The van der Waals surface area contributed by atoms with Gasteiger partial charge in [-0.05, 0) is 83.1 Å². The summed E-state index contributed by atoms with van der Waals surface area (Å²) in [5, 5.41) is 66.2. The molecule has 0 bridgehead atoms. The average Bonchev–Trinajstić information content (AvgIpc) is 3.83. The van der Waals surface area contributed by atoms with E-state index in [2.05, 4.69) is 16.4 Å². The predicted octanol–water partition coefficient (Wildman–Crippen LogP) is 1.29. The lowest BCUT2D eigenvalue weighted by atomic mass is 9.84. The Kier molecular flexibility index (Phi) is 13.9. The van der Waals surface area contributed by atoms with E-state index in [1.807, 2.05) is 13.0 Å². The van der Waals surface area contributed by atoms with Crippen molar-refractivity contribution in [1.29, 1.82) is 0 Å². The van der Waals surface area contributed by atoms with E-state index in [0.29, 0.717) is 51.3 Å². The summed E-state index contributed by atoms with van der Waals surface area (Å²) >= 11 is 0. The number of unbranched alkanes of at least 4 members (excludes halogenated alkanes) is 3. The van der Waals surface area contributed by atoms with Gasteiger partial charge in [0.05, 0.1) is 31.5 Å². The number of nitrogens with zero attached hydrogens (tertiary/aromatic N) is 1. The van der Waals surface area contributed by atoms with Crippen molar-refractivity contribution in [1.82, 2.24) is 10.2 Å². The summed E-state index contributed by atoms with van der Waals surface area (Å²) in [7, 11) is 0. The van der Waals surface area contributed by atoms with E-state index in [-0.39, 0.29) is 24.0 Å². The quantitative estimate of drug-likeness (QED) is 0.107. The molecule has 1 saturated heterocycles. The van der Waals surface area contributed by atoms with Crippen LogP contribution in [0.25, 0.3) is 0 Å². The van der Waals surface area contributed by atoms with Crippen molar-refractivity contribution in [2.75, 3.05) is 19.8 Å². The maximum Gasteiger partial charge on any atom is 0.219 e. The topological polar surface area (TPSA) is 181 Å². The molecule has 2 heterocycles. The Bertz CT molecular complexity index is 935. The molecule has 12 nitrogen and oxygen atoms in total. The van der Waals surface area contributed by atoms with E-state index in [1.165, 1.54) is 19.8 Å². The lowest BCUT2D eigenvalue weighted by Crippen LogP contribution is -2.65. The van der Waals surface area contributed by atoms with Gasteiger partial charge in [-0.25, -0.2) is 0 Å². The summed E-state index contributed by atoms with van der Waals surface area (Å²) < 4.78 is 18.1. The molecule has 0 aromatic rings. The van der Waals surface area contributed by atoms with Gasteiger partial charge in [-0.3, -0.25) is 4.79 Å². The molecule has 0 aromatic heterocycles. The second-order valence-electron chi connectivity index (χ2n) is 13.6. The van der Waals surface area contributed by atoms with Crippen LogP contribution < -0.4 is 5.32 Å². The van der Waals surface area contributed by atoms with Gasteiger partial charge in [0.1, 0.15) is 30.6 Å². The fraction of sp³-hybridized carbons (Fsp3) is 0.909. The zero-order valence-electron chi connectivity index (χ0n) is 27.1. The number of hydrogen-bond donors (Lipinski definition) is 7. The van der Waals surface area contributed by atoms with Crippen LogP contribution in [0.15, 0.2) is 12.3 Å².